The van der Waals surface area contributed by atoms with Crippen LogP contribution in [0.3, 0.4) is 0 Å². The summed E-state index contributed by atoms with van der Waals surface area (Å²) in [4.78, 5) is 15.0. The molecule has 7 heteroatoms. The van der Waals surface area contributed by atoms with Crippen molar-refractivity contribution in [1.82, 2.24) is 9.47 Å². The fourth-order valence-corrected chi connectivity index (χ4v) is 5.16. The van der Waals surface area contributed by atoms with Crippen molar-refractivity contribution in [3.8, 4) is 0 Å². The molecule has 0 atom stereocenters. The van der Waals surface area contributed by atoms with Crippen LogP contribution in [0.25, 0.3) is 0 Å². The fourth-order valence-electron chi connectivity index (χ4n) is 3.58. The molecule has 0 unspecified atom stereocenters. The molecule has 6 nitrogen and oxygen atoms in total. The predicted octanol–water partition coefficient (Wildman–Crippen LogP) is 3.38. The van der Waals surface area contributed by atoms with E-state index in [1.807, 2.05) is 19.1 Å². The van der Waals surface area contributed by atoms with Crippen molar-refractivity contribution in [3.05, 3.63) is 46.8 Å². The number of likely N-dealkylation sites (tertiary alicyclic amines) is 1. The molecule has 1 fully saturated rings. The molecule has 0 aliphatic carbocycles. The van der Waals surface area contributed by atoms with Crippen LogP contribution in [-0.2, 0) is 17.1 Å². The smallest absolute Gasteiger partial charge is 0.264 e. The van der Waals surface area contributed by atoms with E-state index < -0.39 is 10.0 Å². The van der Waals surface area contributed by atoms with Crippen molar-refractivity contribution in [2.75, 3.05) is 17.8 Å². The Balaban J connectivity index is 2.04. The molecular weight excluding hydrogens is 362 g/mol. The van der Waals surface area contributed by atoms with Gasteiger partial charge in [-0.15, -0.1) is 0 Å². The standard InChI is InChI=1S/C20H27N3O3S/c1-14-8-10-17(11-9-14)21-27(25,26)19-16(3)22(4)15(2)18(19)20(24)23-12-6-5-7-13-23/h8-11,21H,5-7,12-13H2,1-4H3. The molecule has 2 heterocycles. The number of sulfonamides is 1. The number of hydrogen-bond acceptors (Lipinski definition) is 3. The van der Waals surface area contributed by atoms with Gasteiger partial charge < -0.3 is 9.47 Å². The second-order valence-electron chi connectivity index (χ2n) is 7.26. The van der Waals surface area contributed by atoms with Gasteiger partial charge in [0.05, 0.1) is 5.56 Å². The van der Waals surface area contributed by atoms with Crippen LogP contribution in [0.4, 0.5) is 5.69 Å². The number of rotatable bonds is 4. The Morgan fingerprint density at radius 2 is 1.56 bits per heavy atom. The summed E-state index contributed by atoms with van der Waals surface area (Å²) < 4.78 is 30.8. The lowest BCUT2D eigenvalue weighted by Crippen LogP contribution is -2.36. The van der Waals surface area contributed by atoms with E-state index in [1.54, 1.807) is 42.5 Å². The molecule has 1 aromatic heterocycles. The van der Waals surface area contributed by atoms with E-state index in [0.29, 0.717) is 30.2 Å². The Hall–Kier alpha value is -2.28. The van der Waals surface area contributed by atoms with E-state index in [2.05, 4.69) is 4.72 Å². The van der Waals surface area contributed by atoms with Crippen molar-refractivity contribution in [2.24, 2.45) is 7.05 Å². The first kappa shape index (κ1) is 19.5. The second kappa shape index (κ2) is 7.38. The summed E-state index contributed by atoms with van der Waals surface area (Å²) in [5.41, 5.74) is 3.06. The first-order valence-electron chi connectivity index (χ1n) is 9.27. The predicted molar refractivity (Wildman–Crippen MR) is 107 cm³/mol. The number of carbonyl (C=O) groups is 1. The summed E-state index contributed by atoms with van der Waals surface area (Å²) >= 11 is 0. The van der Waals surface area contributed by atoms with E-state index in [4.69, 9.17) is 0 Å². The van der Waals surface area contributed by atoms with Crippen LogP contribution in [0.1, 0.15) is 46.6 Å². The van der Waals surface area contributed by atoms with Gasteiger partial charge in [0.15, 0.2) is 0 Å². The van der Waals surface area contributed by atoms with Crippen molar-refractivity contribution in [1.29, 1.82) is 0 Å². The molecule has 3 rings (SSSR count). The molecule has 1 amide bonds. The van der Waals surface area contributed by atoms with Gasteiger partial charge in [0, 0.05) is 37.2 Å². The number of carbonyl (C=O) groups excluding carboxylic acids is 1. The number of anilines is 1. The molecule has 1 aliphatic rings. The van der Waals surface area contributed by atoms with Crippen LogP contribution in [0.2, 0.25) is 0 Å². The van der Waals surface area contributed by atoms with Gasteiger partial charge in [0.1, 0.15) is 4.90 Å². The molecule has 27 heavy (non-hydrogen) atoms. The molecule has 2 aromatic rings. The Labute approximate surface area is 161 Å². The first-order chi connectivity index (χ1) is 12.7. The average molecular weight is 390 g/mol. The Bertz CT molecular complexity index is 953. The van der Waals surface area contributed by atoms with Crippen molar-refractivity contribution in [2.45, 2.75) is 44.9 Å². The topological polar surface area (TPSA) is 71.4 Å². The third kappa shape index (κ3) is 3.74. The Kier molecular flexibility index (Phi) is 5.33. The normalized spacial score (nSPS) is 15.0. The highest BCUT2D eigenvalue weighted by Gasteiger charge is 2.33. The van der Waals surface area contributed by atoms with Gasteiger partial charge in [-0.3, -0.25) is 9.52 Å². The average Bonchev–Trinajstić information content (AvgIpc) is 2.88. The first-order valence-corrected chi connectivity index (χ1v) is 10.8. The zero-order valence-corrected chi connectivity index (χ0v) is 17.2. The molecule has 1 N–H and O–H groups in total. The van der Waals surface area contributed by atoms with Crippen LogP contribution >= 0.6 is 0 Å². The maximum atomic E-state index is 13.2. The van der Waals surface area contributed by atoms with E-state index in [0.717, 1.165) is 24.8 Å². The van der Waals surface area contributed by atoms with Crippen LogP contribution in [-0.4, -0.2) is 36.9 Å². The highest BCUT2D eigenvalue weighted by molar-refractivity contribution is 7.92. The number of aromatic nitrogens is 1. The van der Waals surface area contributed by atoms with E-state index in [1.165, 1.54) is 0 Å². The van der Waals surface area contributed by atoms with Gasteiger partial charge in [0.2, 0.25) is 0 Å². The summed E-state index contributed by atoms with van der Waals surface area (Å²) in [5, 5.41) is 0. The van der Waals surface area contributed by atoms with Crippen molar-refractivity contribution >= 4 is 21.6 Å². The molecule has 146 valence electrons. The summed E-state index contributed by atoms with van der Waals surface area (Å²) in [7, 11) is -2.10. The van der Waals surface area contributed by atoms with Crippen molar-refractivity contribution in [3.63, 3.8) is 0 Å². The lowest BCUT2D eigenvalue weighted by molar-refractivity contribution is 0.0720. The summed E-state index contributed by atoms with van der Waals surface area (Å²) in [6, 6.07) is 7.15. The number of aryl methyl sites for hydroxylation is 1. The number of piperidine rings is 1. The quantitative estimate of drug-likeness (QED) is 0.871. The zero-order chi connectivity index (χ0) is 19.8. The van der Waals surface area contributed by atoms with E-state index in [-0.39, 0.29) is 16.4 Å². The van der Waals surface area contributed by atoms with Crippen molar-refractivity contribution < 1.29 is 13.2 Å². The summed E-state index contributed by atoms with van der Waals surface area (Å²) in [6.07, 6.45) is 3.03. The second-order valence-corrected chi connectivity index (χ2v) is 8.88. The van der Waals surface area contributed by atoms with Gasteiger partial charge >= 0.3 is 0 Å². The SMILES string of the molecule is Cc1ccc(NS(=O)(=O)c2c(C(=O)N3CCCCC3)c(C)n(C)c2C)cc1. The van der Waals surface area contributed by atoms with Crippen LogP contribution in [0.15, 0.2) is 29.2 Å². The van der Waals surface area contributed by atoms with Gasteiger partial charge in [-0.1, -0.05) is 17.7 Å². The number of nitrogens with one attached hydrogen (secondary N) is 1. The molecule has 1 aromatic carbocycles. The third-order valence-corrected chi connectivity index (χ3v) is 6.89. The Morgan fingerprint density at radius 1 is 0.963 bits per heavy atom. The number of nitrogens with zero attached hydrogens (tertiary/aromatic N) is 2. The van der Waals surface area contributed by atoms with Crippen LogP contribution in [0.5, 0.6) is 0 Å². The van der Waals surface area contributed by atoms with Gasteiger partial charge in [0.25, 0.3) is 15.9 Å². The minimum atomic E-state index is -3.89. The van der Waals surface area contributed by atoms with E-state index in [9.17, 15) is 13.2 Å². The molecule has 0 saturated carbocycles. The third-order valence-electron chi connectivity index (χ3n) is 5.35. The lowest BCUT2D eigenvalue weighted by atomic mass is 10.1. The van der Waals surface area contributed by atoms with Crippen LogP contribution < -0.4 is 4.72 Å². The number of amides is 1. The van der Waals surface area contributed by atoms with Gasteiger partial charge in [-0.05, 0) is 52.2 Å². The fraction of sp³-hybridized carbons (Fsp3) is 0.450. The maximum absolute atomic E-state index is 13.2. The Morgan fingerprint density at radius 3 is 2.15 bits per heavy atom. The minimum Gasteiger partial charge on any atom is -0.350 e. The number of hydrogen-bond donors (Lipinski definition) is 1. The highest BCUT2D eigenvalue weighted by Crippen LogP contribution is 2.30. The molecule has 0 radical (unpaired) electrons. The molecule has 1 aliphatic heterocycles. The maximum Gasteiger partial charge on any atom is 0.264 e. The van der Waals surface area contributed by atoms with Crippen LogP contribution in [0, 0.1) is 20.8 Å². The minimum absolute atomic E-state index is 0.0821. The van der Waals surface area contributed by atoms with Gasteiger partial charge in [-0.25, -0.2) is 8.42 Å². The summed E-state index contributed by atoms with van der Waals surface area (Å²) in [5.74, 6) is -0.194. The van der Waals surface area contributed by atoms with E-state index >= 15 is 0 Å². The number of benzene rings is 1. The summed E-state index contributed by atoms with van der Waals surface area (Å²) in [6.45, 7) is 6.84. The molecule has 1 saturated heterocycles. The lowest BCUT2D eigenvalue weighted by Gasteiger charge is -2.27. The molecular formula is C20H27N3O3S. The largest absolute Gasteiger partial charge is 0.350 e. The monoisotopic (exact) mass is 389 g/mol. The molecule has 0 spiro atoms. The zero-order valence-electron chi connectivity index (χ0n) is 16.4. The van der Waals surface area contributed by atoms with Gasteiger partial charge in [-0.2, -0.15) is 0 Å². The molecule has 0 bridgehead atoms. The highest BCUT2D eigenvalue weighted by atomic mass is 32.2.